The summed E-state index contributed by atoms with van der Waals surface area (Å²) in [4.78, 5) is 5.05. The Hall–Kier alpha value is -0.120. The van der Waals surface area contributed by atoms with Gasteiger partial charge in [-0.2, -0.15) is 0 Å². The van der Waals surface area contributed by atoms with Crippen LogP contribution in [0.2, 0.25) is 0 Å². The molecule has 0 radical (unpaired) electrons. The molecule has 0 amide bonds. The molecule has 14 heavy (non-hydrogen) atoms. The third kappa shape index (κ3) is 2.47. The van der Waals surface area contributed by atoms with E-state index in [1.165, 1.54) is 6.54 Å². The second-order valence-corrected chi connectivity index (χ2v) is 4.98. The van der Waals surface area contributed by atoms with E-state index >= 15 is 0 Å². The molecule has 1 saturated heterocycles. The Morgan fingerprint density at radius 3 is 2.57 bits per heavy atom. The fraction of sp³-hybridized carbons (Fsp3) is 1.00. The molecule has 0 aromatic rings. The maximum atomic E-state index is 3.27. The lowest BCUT2D eigenvalue weighted by Crippen LogP contribution is -2.63. The topological polar surface area (TPSA) is 18.5 Å². The average Bonchev–Trinajstić information content (AvgIpc) is 2.09. The van der Waals surface area contributed by atoms with Crippen molar-refractivity contribution in [1.82, 2.24) is 15.1 Å². The summed E-state index contributed by atoms with van der Waals surface area (Å²) in [7, 11) is 4.26. The van der Waals surface area contributed by atoms with Crippen LogP contribution in [0.4, 0.5) is 0 Å². The fourth-order valence-electron chi connectivity index (χ4n) is 2.49. The first-order valence-electron chi connectivity index (χ1n) is 5.61. The first kappa shape index (κ1) is 12.0. The Morgan fingerprint density at radius 2 is 2.07 bits per heavy atom. The molecule has 1 rings (SSSR count). The Morgan fingerprint density at radius 1 is 1.43 bits per heavy atom. The van der Waals surface area contributed by atoms with Crippen LogP contribution in [0.3, 0.4) is 0 Å². The van der Waals surface area contributed by atoms with E-state index in [1.807, 2.05) is 7.05 Å². The summed E-state index contributed by atoms with van der Waals surface area (Å²) in [5.74, 6) is 0. The van der Waals surface area contributed by atoms with Crippen LogP contribution in [0.5, 0.6) is 0 Å². The van der Waals surface area contributed by atoms with Gasteiger partial charge in [0.05, 0.1) is 0 Å². The van der Waals surface area contributed by atoms with Gasteiger partial charge in [0.1, 0.15) is 0 Å². The minimum absolute atomic E-state index is 0.327. The number of rotatable bonds is 3. The normalized spacial score (nSPS) is 29.4. The summed E-state index contributed by atoms with van der Waals surface area (Å²) >= 11 is 0. The first-order chi connectivity index (χ1) is 6.51. The Labute approximate surface area is 88.5 Å². The van der Waals surface area contributed by atoms with E-state index in [0.29, 0.717) is 11.6 Å². The summed E-state index contributed by atoms with van der Waals surface area (Å²) in [6.45, 7) is 11.5. The number of nitrogens with zero attached hydrogens (tertiary/aromatic N) is 2. The molecule has 0 aromatic heterocycles. The maximum absolute atomic E-state index is 3.27. The van der Waals surface area contributed by atoms with E-state index in [-0.39, 0.29) is 0 Å². The van der Waals surface area contributed by atoms with E-state index in [4.69, 9.17) is 0 Å². The zero-order chi connectivity index (χ0) is 10.8. The van der Waals surface area contributed by atoms with Gasteiger partial charge in [0.2, 0.25) is 0 Å². The van der Waals surface area contributed by atoms with E-state index < -0.39 is 0 Å². The van der Waals surface area contributed by atoms with Gasteiger partial charge in [-0.05, 0) is 34.5 Å². The van der Waals surface area contributed by atoms with Crippen LogP contribution in [0.25, 0.3) is 0 Å². The van der Waals surface area contributed by atoms with Gasteiger partial charge < -0.3 is 5.32 Å². The van der Waals surface area contributed by atoms with Gasteiger partial charge in [-0.15, -0.1) is 0 Å². The molecule has 1 atom stereocenters. The molecule has 0 aliphatic carbocycles. The number of hydrogen-bond donors (Lipinski definition) is 1. The van der Waals surface area contributed by atoms with Crippen molar-refractivity contribution in [1.29, 1.82) is 0 Å². The number of hydrogen-bond acceptors (Lipinski definition) is 3. The van der Waals surface area contributed by atoms with E-state index in [9.17, 15) is 0 Å². The van der Waals surface area contributed by atoms with Crippen molar-refractivity contribution in [2.24, 2.45) is 0 Å². The molecule has 1 unspecified atom stereocenters. The Bertz CT molecular complexity index is 179. The average molecular weight is 199 g/mol. The van der Waals surface area contributed by atoms with Crippen LogP contribution in [0.15, 0.2) is 0 Å². The van der Waals surface area contributed by atoms with Crippen molar-refractivity contribution in [2.75, 3.05) is 40.3 Å². The molecule has 1 aliphatic rings. The lowest BCUT2D eigenvalue weighted by atomic mass is 9.96. The van der Waals surface area contributed by atoms with Crippen LogP contribution in [-0.2, 0) is 0 Å². The molecule has 0 spiro atoms. The standard InChI is InChI=1S/C11H25N3/c1-6-14-8-10(7-12-4)13(5)9-11(14,2)3/h10,12H,6-9H2,1-5H3. The zero-order valence-corrected chi connectivity index (χ0v) is 10.3. The first-order valence-corrected chi connectivity index (χ1v) is 5.61. The van der Waals surface area contributed by atoms with Gasteiger partial charge >= 0.3 is 0 Å². The molecule has 0 saturated carbocycles. The highest BCUT2D eigenvalue weighted by molar-refractivity contribution is 4.93. The zero-order valence-electron chi connectivity index (χ0n) is 10.3. The number of piperazine rings is 1. The highest BCUT2D eigenvalue weighted by Crippen LogP contribution is 2.22. The van der Waals surface area contributed by atoms with E-state index in [0.717, 1.165) is 19.6 Å². The van der Waals surface area contributed by atoms with E-state index in [1.54, 1.807) is 0 Å². The van der Waals surface area contributed by atoms with Crippen molar-refractivity contribution in [3.05, 3.63) is 0 Å². The molecule has 1 heterocycles. The lowest BCUT2D eigenvalue weighted by Gasteiger charge is -2.49. The smallest absolute Gasteiger partial charge is 0.0345 e. The van der Waals surface area contributed by atoms with Crippen LogP contribution in [-0.4, -0.2) is 61.7 Å². The van der Waals surface area contributed by atoms with Gasteiger partial charge in [0.25, 0.3) is 0 Å². The van der Waals surface area contributed by atoms with Crippen molar-refractivity contribution in [3.63, 3.8) is 0 Å². The molecular weight excluding hydrogens is 174 g/mol. The van der Waals surface area contributed by atoms with Crippen molar-refractivity contribution in [3.8, 4) is 0 Å². The van der Waals surface area contributed by atoms with Crippen LogP contribution >= 0.6 is 0 Å². The summed E-state index contributed by atoms with van der Waals surface area (Å²) in [6, 6.07) is 0.660. The molecular formula is C11H25N3. The summed E-state index contributed by atoms with van der Waals surface area (Å²) in [6.07, 6.45) is 0. The molecule has 1 N–H and O–H groups in total. The molecule has 0 aromatic carbocycles. The predicted octanol–water partition coefficient (Wildman–Crippen LogP) is 0.620. The Kier molecular flexibility index (Phi) is 3.93. The number of nitrogens with one attached hydrogen (secondary N) is 1. The molecule has 3 heteroatoms. The summed E-state index contributed by atoms with van der Waals surface area (Å²) in [5.41, 5.74) is 0.327. The summed E-state index contributed by atoms with van der Waals surface area (Å²) < 4.78 is 0. The predicted molar refractivity (Wildman–Crippen MR) is 61.7 cm³/mol. The molecule has 0 bridgehead atoms. The SMILES string of the molecule is CCN1CC(CNC)N(C)CC1(C)C. The largest absolute Gasteiger partial charge is 0.318 e. The minimum Gasteiger partial charge on any atom is -0.318 e. The highest BCUT2D eigenvalue weighted by atomic mass is 15.3. The van der Waals surface area contributed by atoms with Gasteiger partial charge in [-0.1, -0.05) is 6.92 Å². The molecule has 84 valence electrons. The second kappa shape index (κ2) is 4.60. The van der Waals surface area contributed by atoms with Crippen molar-refractivity contribution >= 4 is 0 Å². The third-order valence-electron chi connectivity index (χ3n) is 3.37. The lowest BCUT2D eigenvalue weighted by molar-refractivity contribution is -0.000214. The fourth-order valence-corrected chi connectivity index (χ4v) is 2.49. The quantitative estimate of drug-likeness (QED) is 0.719. The van der Waals surface area contributed by atoms with Crippen molar-refractivity contribution in [2.45, 2.75) is 32.4 Å². The van der Waals surface area contributed by atoms with Gasteiger partial charge in [-0.25, -0.2) is 0 Å². The van der Waals surface area contributed by atoms with Gasteiger partial charge in [0, 0.05) is 31.2 Å². The Balaban J connectivity index is 2.62. The van der Waals surface area contributed by atoms with E-state index in [2.05, 4.69) is 42.9 Å². The van der Waals surface area contributed by atoms with Crippen LogP contribution in [0.1, 0.15) is 20.8 Å². The number of likely N-dealkylation sites (N-methyl/N-ethyl adjacent to an activating group) is 3. The monoisotopic (exact) mass is 199 g/mol. The maximum Gasteiger partial charge on any atom is 0.0345 e. The second-order valence-electron chi connectivity index (χ2n) is 4.98. The minimum atomic E-state index is 0.327. The molecule has 1 aliphatic heterocycles. The van der Waals surface area contributed by atoms with Crippen molar-refractivity contribution < 1.29 is 0 Å². The van der Waals surface area contributed by atoms with Crippen LogP contribution in [0, 0.1) is 0 Å². The molecule has 3 nitrogen and oxygen atoms in total. The molecule has 1 fully saturated rings. The third-order valence-corrected chi connectivity index (χ3v) is 3.37. The summed E-state index contributed by atoms with van der Waals surface area (Å²) in [5, 5.41) is 3.27. The van der Waals surface area contributed by atoms with Gasteiger partial charge in [0.15, 0.2) is 0 Å². The highest BCUT2D eigenvalue weighted by Gasteiger charge is 2.35. The van der Waals surface area contributed by atoms with Gasteiger partial charge in [-0.3, -0.25) is 9.80 Å². The van der Waals surface area contributed by atoms with Crippen LogP contribution < -0.4 is 5.32 Å².